The number of thiophene rings is 1. The Morgan fingerprint density at radius 1 is 1.38 bits per heavy atom. The maximum absolute atomic E-state index is 5.74. The van der Waals surface area contributed by atoms with Crippen molar-refractivity contribution >= 4 is 33.0 Å². The SMILES string of the molecule is Cc1cc(OCc2sccc2Br)ccc1N. The van der Waals surface area contributed by atoms with E-state index in [2.05, 4.69) is 15.9 Å². The van der Waals surface area contributed by atoms with Crippen LogP contribution in [-0.2, 0) is 6.61 Å². The van der Waals surface area contributed by atoms with Gasteiger partial charge in [-0.05, 0) is 58.1 Å². The zero-order chi connectivity index (χ0) is 11.5. The maximum atomic E-state index is 5.74. The quantitative estimate of drug-likeness (QED) is 0.870. The smallest absolute Gasteiger partial charge is 0.124 e. The van der Waals surface area contributed by atoms with Gasteiger partial charge in [0.1, 0.15) is 12.4 Å². The Bertz CT molecular complexity index is 496. The third-order valence-electron chi connectivity index (χ3n) is 2.30. The molecule has 0 fully saturated rings. The third-order valence-corrected chi connectivity index (χ3v) is 4.20. The minimum atomic E-state index is 0.585. The van der Waals surface area contributed by atoms with Gasteiger partial charge < -0.3 is 10.5 Å². The lowest BCUT2D eigenvalue weighted by Crippen LogP contribution is -1.95. The van der Waals surface area contributed by atoms with Gasteiger partial charge in [0, 0.05) is 10.2 Å². The van der Waals surface area contributed by atoms with Gasteiger partial charge in [-0.3, -0.25) is 0 Å². The number of anilines is 1. The minimum Gasteiger partial charge on any atom is -0.488 e. The summed E-state index contributed by atoms with van der Waals surface area (Å²) >= 11 is 5.16. The van der Waals surface area contributed by atoms with Crippen LogP contribution in [0.3, 0.4) is 0 Å². The Morgan fingerprint density at radius 2 is 2.19 bits per heavy atom. The monoisotopic (exact) mass is 297 g/mol. The molecule has 0 saturated heterocycles. The van der Waals surface area contributed by atoms with E-state index in [0.717, 1.165) is 21.5 Å². The third kappa shape index (κ3) is 2.57. The fraction of sp³-hybridized carbons (Fsp3) is 0.167. The number of halogens is 1. The van der Waals surface area contributed by atoms with Gasteiger partial charge in [-0.15, -0.1) is 11.3 Å². The largest absolute Gasteiger partial charge is 0.488 e. The van der Waals surface area contributed by atoms with Crippen LogP contribution in [-0.4, -0.2) is 0 Å². The normalized spacial score (nSPS) is 10.4. The van der Waals surface area contributed by atoms with Crippen LogP contribution in [0, 0.1) is 6.92 Å². The van der Waals surface area contributed by atoms with E-state index in [1.165, 1.54) is 4.88 Å². The number of ether oxygens (including phenoxy) is 1. The molecule has 1 aromatic carbocycles. The lowest BCUT2D eigenvalue weighted by Gasteiger charge is -2.07. The second kappa shape index (κ2) is 4.89. The van der Waals surface area contributed by atoms with Gasteiger partial charge in [-0.2, -0.15) is 0 Å². The van der Waals surface area contributed by atoms with Crippen molar-refractivity contribution in [2.24, 2.45) is 0 Å². The first-order valence-corrected chi connectivity index (χ1v) is 6.55. The number of benzene rings is 1. The standard InChI is InChI=1S/C12H12BrNOS/c1-8-6-9(2-3-11(8)14)15-7-12-10(13)4-5-16-12/h2-6H,7,14H2,1H3. The molecule has 2 rings (SSSR count). The number of rotatable bonds is 3. The first-order valence-electron chi connectivity index (χ1n) is 4.87. The molecule has 2 nitrogen and oxygen atoms in total. The highest BCUT2D eigenvalue weighted by Crippen LogP contribution is 2.25. The summed E-state index contributed by atoms with van der Waals surface area (Å²) in [4.78, 5) is 1.19. The summed E-state index contributed by atoms with van der Waals surface area (Å²) in [7, 11) is 0. The van der Waals surface area contributed by atoms with Gasteiger partial charge >= 0.3 is 0 Å². The van der Waals surface area contributed by atoms with Crippen molar-refractivity contribution in [2.75, 3.05) is 5.73 Å². The summed E-state index contributed by atoms with van der Waals surface area (Å²) in [6, 6.07) is 7.74. The number of nitrogen functional groups attached to an aromatic ring is 1. The Morgan fingerprint density at radius 3 is 2.81 bits per heavy atom. The van der Waals surface area contributed by atoms with Crippen LogP contribution in [0.1, 0.15) is 10.4 Å². The summed E-state index contributed by atoms with van der Waals surface area (Å²) in [6.45, 7) is 2.56. The zero-order valence-corrected chi connectivity index (χ0v) is 11.3. The Kier molecular flexibility index (Phi) is 3.51. The second-order valence-corrected chi connectivity index (χ2v) is 5.35. The average Bonchev–Trinajstić information content (AvgIpc) is 2.66. The van der Waals surface area contributed by atoms with Gasteiger partial charge in [0.25, 0.3) is 0 Å². The van der Waals surface area contributed by atoms with Crippen molar-refractivity contribution < 1.29 is 4.74 Å². The summed E-state index contributed by atoms with van der Waals surface area (Å²) < 4.78 is 6.79. The van der Waals surface area contributed by atoms with E-state index < -0.39 is 0 Å². The van der Waals surface area contributed by atoms with E-state index >= 15 is 0 Å². The average molecular weight is 298 g/mol. The fourth-order valence-corrected chi connectivity index (χ4v) is 2.69. The van der Waals surface area contributed by atoms with E-state index in [9.17, 15) is 0 Å². The number of nitrogens with two attached hydrogens (primary N) is 1. The van der Waals surface area contributed by atoms with Crippen LogP contribution in [0.2, 0.25) is 0 Å². The van der Waals surface area contributed by atoms with Crippen LogP contribution in [0.25, 0.3) is 0 Å². The van der Waals surface area contributed by atoms with Crippen molar-refractivity contribution in [3.05, 3.63) is 44.6 Å². The van der Waals surface area contributed by atoms with Crippen molar-refractivity contribution in [1.29, 1.82) is 0 Å². The number of aryl methyl sites for hydroxylation is 1. The van der Waals surface area contributed by atoms with Crippen molar-refractivity contribution in [2.45, 2.75) is 13.5 Å². The minimum absolute atomic E-state index is 0.585. The molecule has 0 unspecified atom stereocenters. The highest BCUT2D eigenvalue weighted by Gasteiger charge is 2.03. The molecule has 0 atom stereocenters. The topological polar surface area (TPSA) is 35.2 Å². The predicted molar refractivity (Wildman–Crippen MR) is 71.9 cm³/mol. The molecule has 2 N–H and O–H groups in total. The molecule has 0 saturated carbocycles. The van der Waals surface area contributed by atoms with Crippen molar-refractivity contribution in [3.63, 3.8) is 0 Å². The second-order valence-electron chi connectivity index (χ2n) is 3.50. The summed E-state index contributed by atoms with van der Waals surface area (Å²) in [5, 5.41) is 2.04. The van der Waals surface area contributed by atoms with Crippen molar-refractivity contribution in [1.82, 2.24) is 0 Å². The summed E-state index contributed by atoms with van der Waals surface area (Å²) in [5.41, 5.74) is 7.58. The molecule has 0 bridgehead atoms. The van der Waals surface area contributed by atoms with Gasteiger partial charge in [0.05, 0.1) is 4.88 Å². The summed E-state index contributed by atoms with van der Waals surface area (Å²) in [5.74, 6) is 0.854. The molecule has 0 aliphatic carbocycles. The lowest BCUT2D eigenvalue weighted by atomic mass is 10.2. The molecule has 84 valence electrons. The Balaban J connectivity index is 2.05. The molecule has 16 heavy (non-hydrogen) atoms. The van der Waals surface area contributed by atoms with Gasteiger partial charge in [0.2, 0.25) is 0 Å². The Hall–Kier alpha value is -1.00. The van der Waals surface area contributed by atoms with Crippen molar-refractivity contribution in [3.8, 4) is 5.75 Å². The van der Waals surface area contributed by atoms with E-state index in [0.29, 0.717) is 6.61 Å². The van der Waals surface area contributed by atoms with E-state index in [1.807, 2.05) is 36.6 Å². The van der Waals surface area contributed by atoms with Crippen LogP contribution in [0.5, 0.6) is 5.75 Å². The van der Waals surface area contributed by atoms with Gasteiger partial charge in [-0.1, -0.05) is 0 Å². The first-order chi connectivity index (χ1) is 7.66. The van der Waals surface area contributed by atoms with Gasteiger partial charge in [0.15, 0.2) is 0 Å². The lowest BCUT2D eigenvalue weighted by molar-refractivity contribution is 0.309. The molecule has 0 amide bonds. The molecule has 0 aliphatic rings. The molecule has 4 heteroatoms. The first kappa shape index (κ1) is 11.5. The molecular formula is C12H12BrNOS. The molecule has 2 aromatic rings. The number of hydrogen-bond acceptors (Lipinski definition) is 3. The predicted octanol–water partition coefficient (Wildman–Crippen LogP) is 3.98. The van der Waals surface area contributed by atoms with Crippen LogP contribution >= 0.6 is 27.3 Å². The molecule has 1 aromatic heterocycles. The molecular weight excluding hydrogens is 286 g/mol. The zero-order valence-electron chi connectivity index (χ0n) is 8.87. The molecule has 0 aliphatic heterocycles. The number of hydrogen-bond donors (Lipinski definition) is 1. The maximum Gasteiger partial charge on any atom is 0.124 e. The molecule has 0 radical (unpaired) electrons. The van der Waals surface area contributed by atoms with Crippen LogP contribution < -0.4 is 10.5 Å². The van der Waals surface area contributed by atoms with E-state index in [1.54, 1.807) is 11.3 Å². The van der Waals surface area contributed by atoms with E-state index in [4.69, 9.17) is 10.5 Å². The Labute approximate surface area is 107 Å². The molecule has 1 heterocycles. The van der Waals surface area contributed by atoms with Crippen LogP contribution in [0.15, 0.2) is 34.1 Å². The summed E-state index contributed by atoms with van der Waals surface area (Å²) in [6.07, 6.45) is 0. The van der Waals surface area contributed by atoms with Crippen LogP contribution in [0.4, 0.5) is 5.69 Å². The van der Waals surface area contributed by atoms with E-state index in [-0.39, 0.29) is 0 Å². The fourth-order valence-electron chi connectivity index (χ4n) is 1.31. The highest BCUT2D eigenvalue weighted by molar-refractivity contribution is 9.10. The molecule has 0 spiro atoms. The van der Waals surface area contributed by atoms with Gasteiger partial charge in [-0.25, -0.2) is 0 Å². The highest BCUT2D eigenvalue weighted by atomic mass is 79.9.